The highest BCUT2D eigenvalue weighted by Gasteiger charge is 2.34. The summed E-state index contributed by atoms with van der Waals surface area (Å²) in [6, 6.07) is 21.9. The number of carbonyl (C=O) groups excluding carboxylic acids is 2. The highest BCUT2D eigenvalue weighted by molar-refractivity contribution is 7.92. The van der Waals surface area contributed by atoms with Gasteiger partial charge in [-0.1, -0.05) is 92.0 Å². The number of hydrogen-bond donors (Lipinski definition) is 1. The zero-order valence-corrected chi connectivity index (χ0v) is 24.9. The summed E-state index contributed by atoms with van der Waals surface area (Å²) >= 11 is 6.46. The average Bonchev–Trinajstić information content (AvgIpc) is 2.95. The minimum atomic E-state index is -4.16. The molecule has 0 aliphatic rings. The van der Waals surface area contributed by atoms with Crippen molar-refractivity contribution in [3.8, 4) is 0 Å². The van der Waals surface area contributed by atoms with Crippen molar-refractivity contribution in [2.45, 2.75) is 57.4 Å². The molecular formula is C31H38ClN3O4S. The zero-order valence-electron chi connectivity index (χ0n) is 23.3. The Balaban J connectivity index is 1.99. The number of para-hydroxylation sites is 1. The fraction of sp³-hybridized carbons (Fsp3) is 0.355. The van der Waals surface area contributed by atoms with Crippen LogP contribution < -0.4 is 9.62 Å². The Labute approximate surface area is 243 Å². The molecule has 9 heteroatoms. The van der Waals surface area contributed by atoms with Crippen LogP contribution in [0.25, 0.3) is 0 Å². The zero-order chi connectivity index (χ0) is 29.1. The molecule has 3 rings (SSSR count). The van der Waals surface area contributed by atoms with Gasteiger partial charge in [0, 0.05) is 13.1 Å². The first-order valence-electron chi connectivity index (χ1n) is 13.6. The van der Waals surface area contributed by atoms with Crippen LogP contribution in [-0.2, 0) is 26.0 Å². The largest absolute Gasteiger partial charge is 0.354 e. The number of rotatable bonds is 14. The van der Waals surface area contributed by atoms with Gasteiger partial charge in [0.1, 0.15) is 12.6 Å². The Morgan fingerprint density at radius 3 is 2.20 bits per heavy atom. The van der Waals surface area contributed by atoms with E-state index in [1.165, 1.54) is 17.0 Å². The lowest BCUT2D eigenvalue weighted by molar-refractivity contribution is -0.139. The summed E-state index contributed by atoms with van der Waals surface area (Å²) in [4.78, 5) is 28.8. The minimum Gasteiger partial charge on any atom is -0.354 e. The summed E-state index contributed by atoms with van der Waals surface area (Å²) in [5.74, 6) is -0.730. The first kappa shape index (κ1) is 31.2. The molecule has 0 bridgehead atoms. The van der Waals surface area contributed by atoms with Gasteiger partial charge < -0.3 is 10.2 Å². The summed E-state index contributed by atoms with van der Waals surface area (Å²) < 4.78 is 28.8. The molecule has 0 aromatic heterocycles. The van der Waals surface area contributed by atoms with Gasteiger partial charge >= 0.3 is 0 Å². The molecule has 1 atom stereocenters. The summed E-state index contributed by atoms with van der Waals surface area (Å²) in [6.07, 6.45) is 2.66. The molecule has 0 spiro atoms. The maximum Gasteiger partial charge on any atom is 0.264 e. The Hall–Kier alpha value is -3.36. The molecule has 3 aromatic carbocycles. The molecule has 1 N–H and O–H groups in total. The molecule has 0 heterocycles. The maximum absolute atomic E-state index is 14.0. The molecule has 0 saturated carbocycles. The van der Waals surface area contributed by atoms with Crippen LogP contribution in [0.4, 0.5) is 5.69 Å². The van der Waals surface area contributed by atoms with Crippen molar-refractivity contribution in [3.63, 3.8) is 0 Å². The predicted molar refractivity (Wildman–Crippen MR) is 161 cm³/mol. The number of aryl methyl sites for hydroxylation is 1. The highest BCUT2D eigenvalue weighted by atomic mass is 35.5. The van der Waals surface area contributed by atoms with Crippen molar-refractivity contribution in [2.75, 3.05) is 23.9 Å². The molecule has 0 saturated heterocycles. The third kappa shape index (κ3) is 8.08. The monoisotopic (exact) mass is 583 g/mol. The van der Waals surface area contributed by atoms with E-state index in [2.05, 4.69) is 5.32 Å². The number of benzene rings is 3. The molecule has 214 valence electrons. The predicted octanol–water partition coefficient (Wildman–Crippen LogP) is 5.61. The topological polar surface area (TPSA) is 86.8 Å². The van der Waals surface area contributed by atoms with E-state index in [0.29, 0.717) is 19.4 Å². The first-order chi connectivity index (χ1) is 19.2. The van der Waals surface area contributed by atoms with Gasteiger partial charge in [0.15, 0.2) is 0 Å². The molecule has 7 nitrogen and oxygen atoms in total. The van der Waals surface area contributed by atoms with Gasteiger partial charge in [-0.15, -0.1) is 0 Å². The molecular weight excluding hydrogens is 546 g/mol. The molecule has 0 unspecified atom stereocenters. The van der Waals surface area contributed by atoms with E-state index in [0.717, 1.165) is 28.3 Å². The van der Waals surface area contributed by atoms with Gasteiger partial charge in [-0.05, 0) is 56.0 Å². The van der Waals surface area contributed by atoms with E-state index in [9.17, 15) is 18.0 Å². The summed E-state index contributed by atoms with van der Waals surface area (Å²) in [7, 11) is -4.16. The molecule has 0 aliphatic heterocycles. The number of halogens is 1. The summed E-state index contributed by atoms with van der Waals surface area (Å²) in [5.41, 5.74) is 2.12. The normalized spacial score (nSPS) is 12.0. The number of nitrogens with one attached hydrogen (secondary N) is 1. The summed E-state index contributed by atoms with van der Waals surface area (Å²) in [5, 5.41) is 3.14. The van der Waals surface area contributed by atoms with Crippen LogP contribution in [-0.4, -0.2) is 50.8 Å². The Kier molecular flexibility index (Phi) is 11.6. The second-order valence-electron chi connectivity index (χ2n) is 9.67. The van der Waals surface area contributed by atoms with E-state index >= 15 is 0 Å². The number of anilines is 1. The van der Waals surface area contributed by atoms with Crippen molar-refractivity contribution in [1.82, 2.24) is 10.2 Å². The van der Waals surface area contributed by atoms with Gasteiger partial charge in [0.2, 0.25) is 11.8 Å². The number of hydrogen-bond acceptors (Lipinski definition) is 4. The lowest BCUT2D eigenvalue weighted by atomic mass is 10.1. The van der Waals surface area contributed by atoms with Gasteiger partial charge in [0.25, 0.3) is 10.0 Å². The smallest absolute Gasteiger partial charge is 0.264 e. The fourth-order valence-corrected chi connectivity index (χ4v) is 6.13. The van der Waals surface area contributed by atoms with Gasteiger partial charge in [0.05, 0.1) is 15.6 Å². The van der Waals surface area contributed by atoms with Crippen LogP contribution in [0, 0.1) is 6.92 Å². The third-order valence-electron chi connectivity index (χ3n) is 6.71. The van der Waals surface area contributed by atoms with E-state index in [1.807, 2.05) is 51.1 Å². The summed E-state index contributed by atoms with van der Waals surface area (Å²) in [6.45, 7) is 6.02. The van der Waals surface area contributed by atoms with E-state index < -0.39 is 28.5 Å². The number of amides is 2. The van der Waals surface area contributed by atoms with Crippen LogP contribution in [0.5, 0.6) is 0 Å². The van der Waals surface area contributed by atoms with Crippen LogP contribution >= 0.6 is 11.6 Å². The fourth-order valence-electron chi connectivity index (χ4n) is 4.41. The van der Waals surface area contributed by atoms with Crippen molar-refractivity contribution < 1.29 is 18.0 Å². The van der Waals surface area contributed by atoms with Crippen molar-refractivity contribution in [1.29, 1.82) is 0 Å². The highest BCUT2D eigenvalue weighted by Crippen LogP contribution is 2.30. The Morgan fingerprint density at radius 2 is 1.57 bits per heavy atom. The Morgan fingerprint density at radius 1 is 0.925 bits per heavy atom. The Bertz CT molecular complexity index is 1360. The lowest BCUT2D eigenvalue weighted by Gasteiger charge is -2.33. The van der Waals surface area contributed by atoms with Crippen LogP contribution in [0.2, 0.25) is 5.02 Å². The van der Waals surface area contributed by atoms with Gasteiger partial charge in [-0.25, -0.2) is 8.42 Å². The molecule has 3 aromatic rings. The SMILES string of the molecule is CCCCNC(=O)[C@H](CC)N(CCc1ccccc1)C(=O)CN(c1ccccc1Cl)S(=O)(=O)c1ccc(C)cc1. The van der Waals surface area contributed by atoms with E-state index in [4.69, 9.17) is 11.6 Å². The molecule has 0 aliphatic carbocycles. The number of sulfonamides is 1. The standard InChI is InChI=1S/C31H38ClN3O4S/c1-4-6-21-33-31(37)28(5-2)34(22-20-25-12-8-7-9-13-25)30(36)23-35(29-15-11-10-14-27(29)32)40(38,39)26-18-16-24(3)17-19-26/h7-19,28H,4-6,20-23H2,1-3H3,(H,33,37)/t28-/m0/s1. The minimum absolute atomic E-state index is 0.0472. The van der Waals surface area contributed by atoms with Crippen LogP contribution in [0.1, 0.15) is 44.2 Å². The van der Waals surface area contributed by atoms with Crippen LogP contribution in [0.3, 0.4) is 0 Å². The van der Waals surface area contributed by atoms with Crippen molar-refractivity contribution in [2.24, 2.45) is 0 Å². The molecule has 0 radical (unpaired) electrons. The number of nitrogens with zero attached hydrogens (tertiary/aromatic N) is 2. The lowest BCUT2D eigenvalue weighted by Crippen LogP contribution is -2.53. The van der Waals surface area contributed by atoms with E-state index in [-0.39, 0.29) is 28.1 Å². The van der Waals surface area contributed by atoms with Crippen molar-refractivity contribution in [3.05, 3.63) is 95.0 Å². The first-order valence-corrected chi connectivity index (χ1v) is 15.5. The van der Waals surface area contributed by atoms with Crippen molar-refractivity contribution >= 4 is 39.1 Å². The van der Waals surface area contributed by atoms with Gasteiger partial charge in [-0.3, -0.25) is 13.9 Å². The molecule has 0 fully saturated rings. The maximum atomic E-state index is 14.0. The second kappa shape index (κ2) is 14.9. The average molecular weight is 584 g/mol. The number of unbranched alkanes of at least 4 members (excludes halogenated alkanes) is 1. The number of carbonyl (C=O) groups is 2. The van der Waals surface area contributed by atoms with Gasteiger partial charge in [-0.2, -0.15) is 0 Å². The quantitative estimate of drug-likeness (QED) is 0.250. The molecule has 40 heavy (non-hydrogen) atoms. The van der Waals surface area contributed by atoms with Crippen LogP contribution in [0.15, 0.2) is 83.8 Å². The molecule has 2 amide bonds. The third-order valence-corrected chi connectivity index (χ3v) is 8.80. The second-order valence-corrected chi connectivity index (χ2v) is 11.9. The van der Waals surface area contributed by atoms with E-state index in [1.54, 1.807) is 36.4 Å².